The van der Waals surface area contributed by atoms with E-state index in [1.165, 1.54) is 16.0 Å². The minimum atomic E-state index is 0.0494. The maximum atomic E-state index is 6.43. The van der Waals surface area contributed by atoms with Gasteiger partial charge < -0.3 is 0 Å². The summed E-state index contributed by atoms with van der Waals surface area (Å²) in [6.45, 7) is 0. The summed E-state index contributed by atoms with van der Waals surface area (Å²) >= 11 is 8.18. The van der Waals surface area contributed by atoms with Gasteiger partial charge in [0.15, 0.2) is 0 Å². The molecule has 1 atom stereocenters. The Morgan fingerprint density at radius 3 is 2.24 bits per heavy atom. The molecule has 1 unspecified atom stereocenters. The number of thioether (sulfide) groups is 1. The van der Waals surface area contributed by atoms with Crippen LogP contribution in [0.4, 0.5) is 0 Å². The minimum absolute atomic E-state index is 0.0494. The summed E-state index contributed by atoms with van der Waals surface area (Å²) in [7, 11) is 0. The molecule has 2 aromatic rings. The minimum Gasteiger partial charge on any atom is -0.130 e. The fraction of sp³-hybridized carbons (Fsp3) is 0.200. The quantitative estimate of drug-likeness (QED) is 0.556. The van der Waals surface area contributed by atoms with Crippen molar-refractivity contribution in [2.75, 3.05) is 6.26 Å². The molecular weight excluding hydrogens is 248 g/mol. The summed E-state index contributed by atoms with van der Waals surface area (Å²) in [6, 6.07) is 18.8. The van der Waals surface area contributed by atoms with Crippen LogP contribution in [0.25, 0.3) is 0 Å². The van der Waals surface area contributed by atoms with Crippen molar-refractivity contribution in [3.8, 4) is 0 Å². The van der Waals surface area contributed by atoms with Crippen molar-refractivity contribution in [2.45, 2.75) is 16.7 Å². The molecule has 0 saturated carbocycles. The Bertz CT molecular complexity index is 450. The Morgan fingerprint density at radius 1 is 1.00 bits per heavy atom. The van der Waals surface area contributed by atoms with Crippen LogP contribution < -0.4 is 0 Å². The van der Waals surface area contributed by atoms with E-state index >= 15 is 0 Å². The van der Waals surface area contributed by atoms with Crippen LogP contribution in [0.5, 0.6) is 0 Å². The molecule has 2 heteroatoms. The molecule has 0 bridgehead atoms. The van der Waals surface area contributed by atoms with Crippen molar-refractivity contribution in [1.29, 1.82) is 0 Å². The van der Waals surface area contributed by atoms with Crippen molar-refractivity contribution < 1.29 is 0 Å². The zero-order chi connectivity index (χ0) is 12.1. The number of rotatable bonds is 4. The van der Waals surface area contributed by atoms with Gasteiger partial charge in [0.05, 0.1) is 5.38 Å². The number of alkyl halides is 1. The lowest BCUT2D eigenvalue weighted by molar-refractivity contribution is 0.918. The first-order valence-electron chi connectivity index (χ1n) is 5.61. The molecule has 0 spiro atoms. The van der Waals surface area contributed by atoms with E-state index in [0.29, 0.717) is 0 Å². The van der Waals surface area contributed by atoms with Crippen LogP contribution in [0.3, 0.4) is 0 Å². The number of benzene rings is 2. The molecule has 0 heterocycles. The topological polar surface area (TPSA) is 0 Å². The fourth-order valence-electron chi connectivity index (χ4n) is 1.75. The average Bonchev–Trinajstić information content (AvgIpc) is 2.40. The molecule has 0 fully saturated rings. The van der Waals surface area contributed by atoms with E-state index in [1.807, 2.05) is 6.07 Å². The molecule has 0 saturated heterocycles. The first-order valence-corrected chi connectivity index (χ1v) is 7.27. The highest BCUT2D eigenvalue weighted by molar-refractivity contribution is 7.98. The van der Waals surface area contributed by atoms with E-state index in [2.05, 4.69) is 54.8 Å². The molecule has 0 aliphatic carbocycles. The highest BCUT2D eigenvalue weighted by Gasteiger charge is 2.08. The summed E-state index contributed by atoms with van der Waals surface area (Å²) in [5.74, 6) is 0. The number of hydrogen-bond donors (Lipinski definition) is 0. The third-order valence-electron chi connectivity index (χ3n) is 2.74. The van der Waals surface area contributed by atoms with Gasteiger partial charge >= 0.3 is 0 Å². The Balaban J connectivity index is 2.06. The van der Waals surface area contributed by atoms with Gasteiger partial charge in [-0.25, -0.2) is 0 Å². The molecule has 17 heavy (non-hydrogen) atoms. The molecule has 2 aromatic carbocycles. The van der Waals surface area contributed by atoms with E-state index in [9.17, 15) is 0 Å². The third kappa shape index (κ3) is 3.52. The van der Waals surface area contributed by atoms with Crippen LogP contribution in [0.2, 0.25) is 0 Å². The molecule has 88 valence electrons. The summed E-state index contributed by atoms with van der Waals surface area (Å²) in [4.78, 5) is 1.28. The highest BCUT2D eigenvalue weighted by Crippen LogP contribution is 2.26. The Kier molecular flexibility index (Phi) is 4.52. The van der Waals surface area contributed by atoms with Gasteiger partial charge in [-0.2, -0.15) is 0 Å². The van der Waals surface area contributed by atoms with Crippen molar-refractivity contribution in [1.82, 2.24) is 0 Å². The normalized spacial score (nSPS) is 12.4. The van der Waals surface area contributed by atoms with Gasteiger partial charge in [-0.3, -0.25) is 0 Å². The maximum Gasteiger partial charge on any atom is 0.0625 e. The zero-order valence-electron chi connectivity index (χ0n) is 9.77. The van der Waals surface area contributed by atoms with Crippen molar-refractivity contribution in [2.24, 2.45) is 0 Å². The van der Waals surface area contributed by atoms with Crippen molar-refractivity contribution in [3.63, 3.8) is 0 Å². The standard InChI is InChI=1S/C15H15ClS/c1-17-14-9-7-13(8-10-14)15(16)11-12-5-3-2-4-6-12/h2-10,15H,11H2,1H3. The predicted octanol–water partition coefficient (Wildman–Crippen LogP) is 4.93. The SMILES string of the molecule is CSc1ccc(C(Cl)Cc2ccccc2)cc1. The van der Waals surface area contributed by atoms with Gasteiger partial charge in [0.25, 0.3) is 0 Å². The second-order valence-electron chi connectivity index (χ2n) is 3.93. The average molecular weight is 263 g/mol. The first-order chi connectivity index (χ1) is 8.29. The predicted molar refractivity (Wildman–Crippen MR) is 77.0 cm³/mol. The largest absolute Gasteiger partial charge is 0.130 e. The Morgan fingerprint density at radius 2 is 1.65 bits per heavy atom. The van der Waals surface area contributed by atoms with Crippen LogP contribution in [-0.2, 0) is 6.42 Å². The van der Waals surface area contributed by atoms with Crippen molar-refractivity contribution >= 4 is 23.4 Å². The second-order valence-corrected chi connectivity index (χ2v) is 5.34. The van der Waals surface area contributed by atoms with Crippen LogP contribution >= 0.6 is 23.4 Å². The molecule has 0 radical (unpaired) electrons. The highest BCUT2D eigenvalue weighted by atomic mass is 35.5. The van der Waals surface area contributed by atoms with E-state index < -0.39 is 0 Å². The molecular formula is C15H15ClS. The third-order valence-corrected chi connectivity index (χ3v) is 3.89. The Hall–Kier alpha value is -0.920. The lowest BCUT2D eigenvalue weighted by Gasteiger charge is -2.10. The number of halogens is 1. The van der Waals surface area contributed by atoms with E-state index in [-0.39, 0.29) is 5.38 Å². The van der Waals surface area contributed by atoms with Crippen LogP contribution in [0.1, 0.15) is 16.5 Å². The van der Waals surface area contributed by atoms with Gasteiger partial charge in [-0.1, -0.05) is 42.5 Å². The van der Waals surface area contributed by atoms with Crippen LogP contribution in [0.15, 0.2) is 59.5 Å². The van der Waals surface area contributed by atoms with E-state index in [1.54, 1.807) is 11.8 Å². The molecule has 0 aliphatic rings. The second kappa shape index (κ2) is 6.13. The van der Waals surface area contributed by atoms with Gasteiger partial charge in [0.2, 0.25) is 0 Å². The van der Waals surface area contributed by atoms with Crippen LogP contribution in [0, 0.1) is 0 Å². The zero-order valence-corrected chi connectivity index (χ0v) is 11.3. The number of hydrogen-bond acceptors (Lipinski definition) is 1. The van der Waals surface area contributed by atoms with Gasteiger partial charge in [-0.05, 0) is 35.9 Å². The Labute approximate surface area is 112 Å². The smallest absolute Gasteiger partial charge is 0.0625 e. The monoisotopic (exact) mass is 262 g/mol. The molecule has 0 N–H and O–H groups in total. The van der Waals surface area contributed by atoms with Gasteiger partial charge in [0.1, 0.15) is 0 Å². The first kappa shape index (κ1) is 12.5. The molecule has 0 aliphatic heterocycles. The molecule has 2 rings (SSSR count). The molecule has 0 aromatic heterocycles. The fourth-order valence-corrected chi connectivity index (χ4v) is 2.48. The van der Waals surface area contributed by atoms with E-state index in [4.69, 9.17) is 11.6 Å². The van der Waals surface area contributed by atoms with E-state index in [0.717, 1.165) is 6.42 Å². The van der Waals surface area contributed by atoms with Crippen LogP contribution in [-0.4, -0.2) is 6.26 Å². The van der Waals surface area contributed by atoms with Crippen molar-refractivity contribution in [3.05, 3.63) is 65.7 Å². The summed E-state index contributed by atoms with van der Waals surface area (Å²) in [5, 5.41) is 0.0494. The molecule has 0 amide bonds. The molecule has 0 nitrogen and oxygen atoms in total. The summed E-state index contributed by atoms with van der Waals surface area (Å²) in [6.07, 6.45) is 2.96. The van der Waals surface area contributed by atoms with Gasteiger partial charge in [0, 0.05) is 4.90 Å². The summed E-state index contributed by atoms with van der Waals surface area (Å²) < 4.78 is 0. The summed E-state index contributed by atoms with van der Waals surface area (Å²) in [5.41, 5.74) is 2.47. The van der Waals surface area contributed by atoms with Gasteiger partial charge in [-0.15, -0.1) is 23.4 Å². The lowest BCUT2D eigenvalue weighted by atomic mass is 10.0. The maximum absolute atomic E-state index is 6.43. The lowest BCUT2D eigenvalue weighted by Crippen LogP contribution is -1.95.